The first kappa shape index (κ1) is 99.3. The Morgan fingerprint density at radius 3 is 0.685 bits per heavy atom. The lowest BCUT2D eigenvalue weighted by atomic mass is 10.0. The third kappa shape index (κ3) is 33.4. The van der Waals surface area contributed by atoms with Crippen molar-refractivity contribution in [2.75, 3.05) is 54.4 Å². The maximum Gasteiger partial charge on any atom is 0.412 e. The number of anilines is 9. The van der Waals surface area contributed by atoms with Crippen molar-refractivity contribution < 1.29 is 110 Å². The van der Waals surface area contributed by atoms with E-state index in [0.717, 1.165) is 5.56 Å². The summed E-state index contributed by atoms with van der Waals surface area (Å²) in [6, 6.07) is 65.3. The molecule has 0 aliphatic carbocycles. The van der Waals surface area contributed by atoms with Gasteiger partial charge in [-0.25, -0.2) is 42.0 Å². The summed E-state index contributed by atoms with van der Waals surface area (Å²) < 4.78 is 55.6. The highest BCUT2D eigenvalue weighted by Gasteiger charge is 2.23. The highest BCUT2D eigenvalue weighted by Crippen LogP contribution is 2.28. The topological polar surface area (TPSA) is 497 Å². The van der Waals surface area contributed by atoms with Gasteiger partial charge in [-0.05, 0) is 337 Å². The summed E-state index contributed by atoms with van der Waals surface area (Å²) in [7, 11) is -4.61. The quantitative estimate of drug-likeness (QED) is 0.0161. The lowest BCUT2D eigenvalue weighted by Crippen LogP contribution is -2.27. The first-order chi connectivity index (χ1) is 61.1. The zero-order chi connectivity index (χ0) is 95.4. The second-order valence-electron chi connectivity index (χ2n) is 32.5. The molecule has 13 N–H and O–H groups in total. The number of aromatic carboxylic acids is 3. The Kier molecular flexibility index (Phi) is 34.1. The van der Waals surface area contributed by atoms with Gasteiger partial charge in [0.05, 0.1) is 21.6 Å². The maximum absolute atomic E-state index is 12.9. The van der Waals surface area contributed by atoms with Crippen molar-refractivity contribution in [2.24, 2.45) is 0 Å². The van der Waals surface area contributed by atoms with E-state index in [0.29, 0.717) is 115 Å². The first-order valence-corrected chi connectivity index (χ1v) is 41.4. The summed E-state index contributed by atoms with van der Waals surface area (Å²) >= 11 is 0. The van der Waals surface area contributed by atoms with Crippen LogP contribution in [0.4, 0.5) is 70.4 Å². The number of hydrogen-bond donors (Lipinski definition) is 13. The molecule has 11 aromatic carbocycles. The van der Waals surface area contributed by atoms with Gasteiger partial charge >= 0.3 is 42.3 Å². The molecule has 0 aliphatic heterocycles. The molecule has 33 nitrogen and oxygen atoms in total. The SMILES string of the molecule is CC(C)(C)OC(=O)Nc1ccc(C(=O)Nc2ccc(C(=O)Nc3ccc(C(=O)NCCCc4cccc5c(S(=O)(=O)[O-])cccc45)cc3)cc2)cc1.CC(C)(C)OC(=O)Nc1ccc(C(=O)Nc2ccc(C(=O)Nc3ccc(C(=O)O)cc3)cc2)cc1.CC(C)(C)OC(=O)Nc1ccc(C(=O)Nc2ccc(C(=O)O)cc2)cc1.CC(C)(C)OC(=O)Nc1ccc(C(=O)O)cc1. The smallest absolute Gasteiger partial charge is 0.412 e. The Bertz CT molecular complexity index is 6030. The van der Waals surface area contributed by atoms with Crippen LogP contribution in [0.15, 0.2) is 260 Å². The molecule has 0 spiro atoms. The van der Waals surface area contributed by atoms with E-state index in [9.17, 15) is 75.3 Å². The highest BCUT2D eigenvalue weighted by molar-refractivity contribution is 7.86. The van der Waals surface area contributed by atoms with Crippen molar-refractivity contribution in [2.45, 2.75) is 123 Å². The number of aryl methyl sites for hydroxylation is 1. The number of fused-ring (bicyclic) bond motifs is 1. The van der Waals surface area contributed by atoms with Gasteiger partial charge in [0.15, 0.2) is 0 Å². The predicted octanol–water partition coefficient (Wildman–Crippen LogP) is 18.9. The fourth-order valence-corrected chi connectivity index (χ4v) is 12.1. The molecule has 0 aromatic heterocycles. The lowest BCUT2D eigenvalue weighted by Gasteiger charge is -2.19. The van der Waals surface area contributed by atoms with Crippen molar-refractivity contribution in [1.82, 2.24) is 5.32 Å². The number of rotatable bonds is 23. The van der Waals surface area contributed by atoms with Gasteiger partial charge in [0, 0.05) is 91.1 Å². The zero-order valence-electron chi connectivity index (χ0n) is 72.8. The molecule has 11 aromatic rings. The van der Waals surface area contributed by atoms with Gasteiger partial charge in [0.1, 0.15) is 32.5 Å². The van der Waals surface area contributed by atoms with E-state index in [2.05, 4.69) is 53.2 Å². The fraction of sp³-hybridized carbons (Fsp3) is 0.198. The Morgan fingerprint density at radius 2 is 0.469 bits per heavy atom. The van der Waals surface area contributed by atoms with Crippen LogP contribution in [0.2, 0.25) is 0 Å². The number of carboxylic acids is 3. The van der Waals surface area contributed by atoms with Gasteiger partial charge < -0.3 is 70.7 Å². The second-order valence-corrected chi connectivity index (χ2v) is 33.8. The number of carboxylic acid groups (broad SMARTS) is 3. The van der Waals surface area contributed by atoms with E-state index >= 15 is 0 Å². The molecule has 0 fully saturated rings. The maximum atomic E-state index is 12.9. The van der Waals surface area contributed by atoms with Gasteiger partial charge in [-0.3, -0.25) is 50.0 Å². The molecular weight excluding hydrogens is 1690 g/mol. The Morgan fingerprint density at radius 1 is 0.269 bits per heavy atom. The van der Waals surface area contributed by atoms with E-state index in [4.69, 9.17) is 34.3 Å². The highest BCUT2D eigenvalue weighted by atomic mass is 32.2. The van der Waals surface area contributed by atoms with Crippen LogP contribution in [0.5, 0.6) is 0 Å². The second kappa shape index (κ2) is 44.7. The predicted molar refractivity (Wildman–Crippen MR) is 491 cm³/mol. The molecule has 676 valence electrons. The zero-order valence-corrected chi connectivity index (χ0v) is 73.6. The largest absolute Gasteiger partial charge is 0.744 e. The molecule has 11 rings (SSSR count). The molecular formula is C96H97N10O23S-. The van der Waals surface area contributed by atoms with Crippen LogP contribution in [0.25, 0.3) is 10.8 Å². The molecule has 10 amide bonds. The molecule has 0 unspecified atom stereocenters. The minimum absolute atomic E-state index is 0.122. The average Bonchev–Trinajstić information content (AvgIpc) is 0.782. The molecule has 0 saturated carbocycles. The fourth-order valence-electron chi connectivity index (χ4n) is 11.4. The molecule has 0 bridgehead atoms. The van der Waals surface area contributed by atoms with Crippen molar-refractivity contribution >= 4 is 150 Å². The third-order valence-corrected chi connectivity index (χ3v) is 18.2. The van der Waals surface area contributed by atoms with Crippen molar-refractivity contribution in [3.8, 4) is 0 Å². The number of hydrogen-bond acceptors (Lipinski definition) is 20. The van der Waals surface area contributed by atoms with Crippen molar-refractivity contribution in [1.29, 1.82) is 0 Å². The van der Waals surface area contributed by atoms with Crippen LogP contribution in [0.1, 0.15) is 188 Å². The molecule has 34 heteroatoms. The van der Waals surface area contributed by atoms with E-state index < -0.39 is 74.8 Å². The van der Waals surface area contributed by atoms with Crippen LogP contribution < -0.4 is 53.2 Å². The van der Waals surface area contributed by atoms with Crippen LogP contribution in [-0.4, -0.2) is 135 Å². The molecule has 0 aliphatic rings. The van der Waals surface area contributed by atoms with Crippen LogP contribution >= 0.6 is 0 Å². The van der Waals surface area contributed by atoms with Crippen LogP contribution in [0.3, 0.4) is 0 Å². The van der Waals surface area contributed by atoms with Crippen molar-refractivity contribution in [3.05, 3.63) is 310 Å². The number of nitrogens with one attached hydrogen (secondary N) is 10. The Labute approximate surface area is 748 Å². The normalized spacial score (nSPS) is 11.0. The van der Waals surface area contributed by atoms with Gasteiger partial charge in [-0.1, -0.05) is 30.3 Å². The standard InChI is InChI=1S/C39H38N4O8S.C26H25N3O6.C19H20N2O5.C12H15NO4/c1-39(2,3)51-38(47)43-31-22-16-28(17-23-31)37(46)42-30-20-14-27(15-21-30)36(45)41-29-18-12-26(13-19-29)35(44)40-24-6-8-25-7-4-10-33-32(25)9-5-11-34(33)52(48,49)50;1-26(2,3)35-25(34)29-21-12-6-17(7-13-21)23(31)27-19-10-4-16(5-11-19)22(30)28-20-14-8-18(9-15-20)24(32)33;1-19(2,3)26-18(25)21-15-8-4-12(5-9-15)16(22)20-14-10-6-13(7-11-14)17(23)24;1-12(2,3)17-11(16)13-9-6-4-8(5-7-9)10(14)15/h4-5,7,9-23H,6,8,24H2,1-3H3,(H,40,44)(H,41,45)(H,42,46)(H,43,47)(H,48,49,50);4-15H,1-3H3,(H,27,31)(H,28,30)(H,29,34)(H,32,33);4-11H,1-3H3,(H,20,22)(H,21,25)(H,23,24);4-7H,1-3H3,(H,13,16)(H,14,15)/p-1. The van der Waals surface area contributed by atoms with Crippen LogP contribution in [-0.2, 0) is 35.5 Å². The summed E-state index contributed by atoms with van der Waals surface area (Å²) in [5, 5.41) is 54.4. The molecule has 0 radical (unpaired) electrons. The van der Waals surface area contributed by atoms with Crippen LogP contribution in [0, 0.1) is 0 Å². The van der Waals surface area contributed by atoms with E-state index in [1.165, 1.54) is 78.9 Å². The first-order valence-electron chi connectivity index (χ1n) is 40.0. The van der Waals surface area contributed by atoms with Gasteiger partial charge in [0.2, 0.25) is 0 Å². The summed E-state index contributed by atoms with van der Waals surface area (Å²) in [6.45, 7) is 21.5. The number of ether oxygens (including phenoxy) is 4. The Hall–Kier alpha value is -16.1. The van der Waals surface area contributed by atoms with E-state index in [1.807, 2.05) is 6.07 Å². The number of carbonyl (C=O) groups excluding carboxylic acids is 10. The van der Waals surface area contributed by atoms with E-state index in [1.54, 1.807) is 253 Å². The van der Waals surface area contributed by atoms with Gasteiger partial charge in [-0.2, -0.15) is 0 Å². The number of benzene rings is 11. The summed E-state index contributed by atoms with van der Waals surface area (Å²) in [5.41, 5.74) is 5.51. The third-order valence-electron chi connectivity index (χ3n) is 17.3. The van der Waals surface area contributed by atoms with Gasteiger partial charge in [0.25, 0.3) is 35.4 Å². The summed E-state index contributed by atoms with van der Waals surface area (Å²) in [5.74, 6) is -5.21. The van der Waals surface area contributed by atoms with Gasteiger partial charge in [-0.15, -0.1) is 0 Å². The molecule has 0 saturated heterocycles. The summed E-state index contributed by atoms with van der Waals surface area (Å²) in [4.78, 5) is 154. The minimum Gasteiger partial charge on any atom is -0.744 e. The Balaban J connectivity index is 0.000000231. The van der Waals surface area contributed by atoms with E-state index in [-0.39, 0.29) is 57.0 Å². The number of carbonyl (C=O) groups is 13. The monoisotopic (exact) mass is 1790 g/mol. The summed E-state index contributed by atoms with van der Waals surface area (Å²) in [6.07, 6.45) is -1.19. The average molecular weight is 1790 g/mol. The van der Waals surface area contributed by atoms with Crippen molar-refractivity contribution in [3.63, 3.8) is 0 Å². The molecule has 0 heterocycles. The minimum atomic E-state index is -4.61. The molecule has 0 atom stereocenters. The molecule has 130 heavy (non-hydrogen) atoms. The number of amides is 10. The lowest BCUT2D eigenvalue weighted by molar-refractivity contribution is 0.0624.